The summed E-state index contributed by atoms with van der Waals surface area (Å²) in [6.45, 7) is 1.84. The van der Waals surface area contributed by atoms with Gasteiger partial charge in [0.2, 0.25) is 4.96 Å². The first-order chi connectivity index (χ1) is 13.2. The first-order valence-corrected chi connectivity index (χ1v) is 9.12. The SMILES string of the molecule is Cc1occc1-c1nc2s/c(=C\c3ccc(-c4ccccc4)o3)c(=O)n2n1. The molecule has 5 rings (SSSR count). The van der Waals surface area contributed by atoms with Gasteiger partial charge in [-0.3, -0.25) is 4.79 Å². The van der Waals surface area contributed by atoms with Crippen LogP contribution in [0.5, 0.6) is 0 Å². The number of hydrogen-bond donors (Lipinski definition) is 0. The van der Waals surface area contributed by atoms with Crippen LogP contribution in [0.3, 0.4) is 0 Å². The molecule has 0 aliphatic carbocycles. The van der Waals surface area contributed by atoms with Gasteiger partial charge < -0.3 is 8.83 Å². The van der Waals surface area contributed by atoms with E-state index in [1.54, 1.807) is 18.4 Å². The smallest absolute Gasteiger partial charge is 0.291 e. The lowest BCUT2D eigenvalue weighted by Gasteiger charge is -1.94. The van der Waals surface area contributed by atoms with E-state index in [-0.39, 0.29) is 5.56 Å². The largest absolute Gasteiger partial charge is 0.469 e. The van der Waals surface area contributed by atoms with E-state index >= 15 is 0 Å². The number of furan rings is 2. The molecule has 0 bridgehead atoms. The van der Waals surface area contributed by atoms with Crippen LogP contribution >= 0.6 is 11.3 Å². The number of benzene rings is 1. The number of thiazole rings is 1. The molecule has 0 unspecified atom stereocenters. The van der Waals surface area contributed by atoms with Crippen molar-refractivity contribution in [3.05, 3.63) is 81.2 Å². The standard InChI is InChI=1S/C20H13N3O3S/c1-12-15(9-10-25-12)18-21-20-23(22-18)19(24)17(27-20)11-14-7-8-16(26-14)13-5-3-2-4-6-13/h2-11H,1H3/b17-11-. The minimum Gasteiger partial charge on any atom is -0.469 e. The Bertz CT molecular complexity index is 1360. The van der Waals surface area contributed by atoms with Gasteiger partial charge in [0.15, 0.2) is 5.82 Å². The van der Waals surface area contributed by atoms with E-state index < -0.39 is 0 Å². The van der Waals surface area contributed by atoms with Gasteiger partial charge in [-0.2, -0.15) is 9.50 Å². The summed E-state index contributed by atoms with van der Waals surface area (Å²) in [5, 5.41) is 4.32. The van der Waals surface area contributed by atoms with E-state index in [9.17, 15) is 4.79 Å². The summed E-state index contributed by atoms with van der Waals surface area (Å²) in [4.78, 5) is 17.6. The van der Waals surface area contributed by atoms with Crippen molar-refractivity contribution in [1.82, 2.24) is 14.6 Å². The predicted octanol–water partition coefficient (Wildman–Crippen LogP) is 3.53. The summed E-state index contributed by atoms with van der Waals surface area (Å²) in [6.07, 6.45) is 3.30. The van der Waals surface area contributed by atoms with E-state index in [0.29, 0.717) is 21.1 Å². The quantitative estimate of drug-likeness (QED) is 0.482. The lowest BCUT2D eigenvalue weighted by Crippen LogP contribution is -2.23. The molecular formula is C20H13N3O3S. The lowest BCUT2D eigenvalue weighted by molar-refractivity contribution is 0.535. The molecule has 0 aliphatic heterocycles. The van der Waals surface area contributed by atoms with Crippen molar-refractivity contribution in [2.75, 3.05) is 0 Å². The third-order valence-corrected chi connectivity index (χ3v) is 5.20. The molecule has 0 radical (unpaired) electrons. The second-order valence-electron chi connectivity index (χ2n) is 6.00. The molecule has 0 amide bonds. The molecule has 6 nitrogen and oxygen atoms in total. The average molecular weight is 375 g/mol. The summed E-state index contributed by atoms with van der Waals surface area (Å²) < 4.78 is 13.0. The van der Waals surface area contributed by atoms with Crippen molar-refractivity contribution >= 4 is 22.4 Å². The second kappa shape index (κ2) is 6.07. The number of nitrogens with zero attached hydrogens (tertiary/aromatic N) is 3. The number of aromatic nitrogens is 3. The highest BCUT2D eigenvalue weighted by atomic mass is 32.1. The van der Waals surface area contributed by atoms with Crippen molar-refractivity contribution in [3.63, 3.8) is 0 Å². The van der Waals surface area contributed by atoms with Crippen LogP contribution in [0.4, 0.5) is 0 Å². The van der Waals surface area contributed by atoms with E-state index in [4.69, 9.17) is 8.83 Å². The van der Waals surface area contributed by atoms with E-state index in [0.717, 1.165) is 22.6 Å². The Morgan fingerprint density at radius 3 is 2.70 bits per heavy atom. The van der Waals surface area contributed by atoms with Gasteiger partial charge in [0, 0.05) is 11.6 Å². The van der Waals surface area contributed by atoms with E-state index in [1.807, 2.05) is 49.4 Å². The molecule has 0 fully saturated rings. The average Bonchev–Trinajstić information content (AvgIpc) is 3.44. The Hall–Kier alpha value is -3.45. The molecule has 27 heavy (non-hydrogen) atoms. The highest BCUT2D eigenvalue weighted by molar-refractivity contribution is 7.15. The minimum atomic E-state index is -0.215. The minimum absolute atomic E-state index is 0.215. The van der Waals surface area contributed by atoms with Gasteiger partial charge in [-0.15, -0.1) is 5.10 Å². The van der Waals surface area contributed by atoms with Crippen LogP contribution in [0.2, 0.25) is 0 Å². The van der Waals surface area contributed by atoms with Crippen molar-refractivity contribution < 1.29 is 8.83 Å². The monoisotopic (exact) mass is 375 g/mol. The maximum absolute atomic E-state index is 12.7. The first-order valence-electron chi connectivity index (χ1n) is 8.30. The lowest BCUT2D eigenvalue weighted by atomic mass is 10.2. The van der Waals surface area contributed by atoms with Crippen LogP contribution in [0.1, 0.15) is 11.5 Å². The number of aryl methyl sites for hydroxylation is 1. The number of rotatable bonds is 3. The van der Waals surface area contributed by atoms with Crippen molar-refractivity contribution in [3.8, 4) is 22.7 Å². The van der Waals surface area contributed by atoms with Crippen LogP contribution in [-0.2, 0) is 0 Å². The first kappa shape index (κ1) is 15.8. The van der Waals surface area contributed by atoms with Gasteiger partial charge in [0.1, 0.15) is 21.8 Å². The fourth-order valence-electron chi connectivity index (χ4n) is 2.88. The molecule has 0 atom stereocenters. The van der Waals surface area contributed by atoms with Gasteiger partial charge >= 0.3 is 0 Å². The molecule has 4 aromatic heterocycles. The van der Waals surface area contributed by atoms with Gasteiger partial charge in [-0.1, -0.05) is 41.7 Å². The van der Waals surface area contributed by atoms with Gasteiger partial charge in [-0.25, -0.2) is 0 Å². The number of fused-ring (bicyclic) bond motifs is 1. The molecule has 7 heteroatoms. The molecule has 132 valence electrons. The molecule has 1 aromatic carbocycles. The van der Waals surface area contributed by atoms with Gasteiger partial charge in [-0.05, 0) is 25.1 Å². The Balaban J connectivity index is 1.55. The van der Waals surface area contributed by atoms with Crippen molar-refractivity contribution in [1.29, 1.82) is 0 Å². The summed E-state index contributed by atoms with van der Waals surface area (Å²) in [5.74, 6) is 2.57. The maximum atomic E-state index is 12.7. The third kappa shape index (κ3) is 2.69. The Morgan fingerprint density at radius 1 is 1.11 bits per heavy atom. The van der Waals surface area contributed by atoms with Crippen molar-refractivity contribution in [2.45, 2.75) is 6.92 Å². The van der Waals surface area contributed by atoms with Gasteiger partial charge in [0.05, 0.1) is 11.8 Å². The van der Waals surface area contributed by atoms with E-state index in [1.165, 1.54) is 15.9 Å². The van der Waals surface area contributed by atoms with Crippen LogP contribution in [0.15, 0.2) is 68.4 Å². The Morgan fingerprint density at radius 2 is 1.96 bits per heavy atom. The second-order valence-corrected chi connectivity index (χ2v) is 7.01. The molecule has 0 spiro atoms. The fourth-order valence-corrected chi connectivity index (χ4v) is 3.77. The third-order valence-electron chi connectivity index (χ3n) is 4.24. The Kier molecular flexibility index (Phi) is 3.54. The highest BCUT2D eigenvalue weighted by Gasteiger charge is 2.15. The Labute approximate surface area is 157 Å². The van der Waals surface area contributed by atoms with Crippen LogP contribution in [-0.4, -0.2) is 14.6 Å². The molecule has 0 saturated heterocycles. The topological polar surface area (TPSA) is 73.5 Å². The predicted molar refractivity (Wildman–Crippen MR) is 103 cm³/mol. The number of hydrogen-bond acceptors (Lipinski definition) is 6. The zero-order valence-corrected chi connectivity index (χ0v) is 15.1. The molecule has 0 saturated carbocycles. The van der Waals surface area contributed by atoms with Crippen molar-refractivity contribution in [2.24, 2.45) is 0 Å². The van der Waals surface area contributed by atoms with Crippen LogP contribution in [0.25, 0.3) is 33.7 Å². The highest BCUT2D eigenvalue weighted by Crippen LogP contribution is 2.23. The molecular weight excluding hydrogens is 362 g/mol. The van der Waals surface area contributed by atoms with Gasteiger partial charge in [0.25, 0.3) is 5.56 Å². The molecule has 5 aromatic rings. The maximum Gasteiger partial charge on any atom is 0.291 e. The fraction of sp³-hybridized carbons (Fsp3) is 0.0500. The summed E-state index contributed by atoms with van der Waals surface area (Å²) in [7, 11) is 0. The molecule has 0 aliphatic rings. The zero-order valence-electron chi connectivity index (χ0n) is 14.2. The summed E-state index contributed by atoms with van der Waals surface area (Å²) in [5.41, 5.74) is 1.56. The molecule has 4 heterocycles. The van der Waals surface area contributed by atoms with Crippen LogP contribution < -0.4 is 10.1 Å². The van der Waals surface area contributed by atoms with E-state index in [2.05, 4.69) is 10.1 Å². The summed E-state index contributed by atoms with van der Waals surface area (Å²) >= 11 is 1.28. The summed E-state index contributed by atoms with van der Waals surface area (Å²) in [6, 6.07) is 15.3. The normalized spacial score (nSPS) is 12.3. The molecule has 0 N–H and O–H groups in total. The zero-order chi connectivity index (χ0) is 18.4. The van der Waals surface area contributed by atoms with Crippen LogP contribution in [0, 0.1) is 6.92 Å².